The Kier molecular flexibility index (Phi) is 6.55. The molecule has 2 aromatic rings. The predicted molar refractivity (Wildman–Crippen MR) is 137 cm³/mol. The zero-order valence-electron chi connectivity index (χ0n) is 19.2. The summed E-state index contributed by atoms with van der Waals surface area (Å²) >= 11 is 0. The molecular weight excluding hydrogens is 405 g/mol. The molecule has 0 heterocycles. The molecule has 2 aromatic carbocycles. The van der Waals surface area contributed by atoms with Crippen molar-refractivity contribution in [2.75, 3.05) is 0 Å². The van der Waals surface area contributed by atoms with E-state index in [1.165, 1.54) is 0 Å². The topological polar surface area (TPSA) is 20.2 Å². The first-order chi connectivity index (χ1) is 12.7. The van der Waals surface area contributed by atoms with Crippen molar-refractivity contribution in [1.82, 2.24) is 0 Å². The largest absolute Gasteiger partial charge is 0.518 e. The molecule has 0 saturated carbocycles. The number of hydrogen-bond acceptors (Lipinski definition) is 1. The van der Waals surface area contributed by atoms with Crippen molar-refractivity contribution in [2.24, 2.45) is 0 Å². The lowest BCUT2D eigenvalue weighted by molar-refractivity contribution is 0.451. The van der Waals surface area contributed by atoms with E-state index in [1.807, 2.05) is 0 Å². The quantitative estimate of drug-likeness (QED) is 0.369. The second-order valence-corrected chi connectivity index (χ2v) is 51.2. The second-order valence-electron chi connectivity index (χ2n) is 11.0. The summed E-state index contributed by atoms with van der Waals surface area (Å²) in [7, 11) is -4.93. The van der Waals surface area contributed by atoms with Gasteiger partial charge in [0.25, 0.3) is 0 Å². The Balaban J connectivity index is 3.06. The molecule has 5 heteroatoms. The Bertz CT molecular complexity index is 745. The molecule has 0 spiro atoms. The Morgan fingerprint density at radius 1 is 0.536 bits per heavy atom. The molecule has 152 valence electrons. The monoisotopic (exact) mass is 442 g/mol. The SMILES string of the molecule is C[Si](C)(C)[Si](C(O)=C(c1ccccc1)c1ccccc1)([Si](C)(C)C)[Si](C)(C)C. The van der Waals surface area contributed by atoms with Gasteiger partial charge in [0.1, 0.15) is 6.63 Å². The van der Waals surface area contributed by atoms with Gasteiger partial charge in [0, 0.05) is 28.3 Å². The highest BCUT2D eigenvalue weighted by atomic mass is 29.9. The third-order valence-corrected chi connectivity index (χ3v) is 76.7. The van der Waals surface area contributed by atoms with Gasteiger partial charge < -0.3 is 5.11 Å². The van der Waals surface area contributed by atoms with Crippen LogP contribution in [0.1, 0.15) is 11.1 Å². The minimum Gasteiger partial charge on any atom is -0.518 e. The number of hydrogen-bond donors (Lipinski definition) is 1. The maximum Gasteiger partial charge on any atom is 0.111 e. The van der Waals surface area contributed by atoms with Gasteiger partial charge >= 0.3 is 0 Å². The van der Waals surface area contributed by atoms with Crippen LogP contribution in [0.2, 0.25) is 58.9 Å². The summed E-state index contributed by atoms with van der Waals surface area (Å²) in [6.45, 7) is 20.7. The first kappa shape index (κ1) is 23.1. The smallest absolute Gasteiger partial charge is 0.111 e. The van der Waals surface area contributed by atoms with E-state index in [0.29, 0.717) is 0 Å². The van der Waals surface area contributed by atoms with E-state index < -0.39 is 29.4 Å². The molecule has 0 amide bonds. The summed E-state index contributed by atoms with van der Waals surface area (Å²) in [4.78, 5) is 0. The number of aliphatic hydroxyl groups is 1. The maximum absolute atomic E-state index is 12.4. The van der Waals surface area contributed by atoms with E-state index in [4.69, 9.17) is 0 Å². The molecule has 0 atom stereocenters. The van der Waals surface area contributed by atoms with Crippen molar-refractivity contribution in [2.45, 2.75) is 58.9 Å². The third-order valence-electron chi connectivity index (χ3n) is 6.09. The van der Waals surface area contributed by atoms with Crippen LogP contribution < -0.4 is 0 Å². The van der Waals surface area contributed by atoms with Crippen molar-refractivity contribution in [3.05, 3.63) is 77.2 Å². The van der Waals surface area contributed by atoms with Crippen molar-refractivity contribution < 1.29 is 5.11 Å². The molecule has 1 nitrogen and oxygen atoms in total. The van der Waals surface area contributed by atoms with Gasteiger partial charge in [-0.25, -0.2) is 0 Å². The van der Waals surface area contributed by atoms with Crippen LogP contribution in [0.15, 0.2) is 66.0 Å². The third kappa shape index (κ3) is 3.95. The standard InChI is InChI=1S/C23H38OSi4/c1-25(2,3)28(26(4,5)6,27(7,8)9)23(24)22(20-16-12-10-13-17-20)21-18-14-11-15-19-21/h10-19,24H,1-9H3. The zero-order valence-corrected chi connectivity index (χ0v) is 23.2. The number of rotatable bonds is 6. The average Bonchev–Trinajstić information content (AvgIpc) is 2.53. The van der Waals surface area contributed by atoms with E-state index in [2.05, 4.69) is 120 Å². The maximum atomic E-state index is 12.4. The second kappa shape index (κ2) is 7.93. The van der Waals surface area contributed by atoms with E-state index >= 15 is 0 Å². The summed E-state index contributed by atoms with van der Waals surface area (Å²) in [6, 6.07) is 21.1. The van der Waals surface area contributed by atoms with Gasteiger partial charge in [-0.15, -0.1) is 0 Å². The van der Waals surface area contributed by atoms with Crippen LogP contribution >= 0.6 is 0 Å². The summed E-state index contributed by atoms with van der Waals surface area (Å²) in [6.07, 6.45) is 0. The summed E-state index contributed by atoms with van der Waals surface area (Å²) in [5.74, 6) is 0. The van der Waals surface area contributed by atoms with Gasteiger partial charge in [-0.2, -0.15) is 0 Å². The van der Waals surface area contributed by atoms with Gasteiger partial charge in [-0.3, -0.25) is 0 Å². The highest BCUT2D eigenvalue weighted by Crippen LogP contribution is 2.44. The molecule has 0 aliphatic rings. The minimum atomic E-state index is -2.08. The first-order valence-electron chi connectivity index (χ1n) is 10.3. The Morgan fingerprint density at radius 3 is 1.07 bits per heavy atom. The molecule has 0 aromatic heterocycles. The number of benzene rings is 2. The Morgan fingerprint density at radius 2 is 0.821 bits per heavy atom. The normalized spacial score (nSPS) is 13.3. The molecule has 2 rings (SSSR count). The molecule has 1 N–H and O–H groups in total. The van der Waals surface area contributed by atoms with E-state index in [9.17, 15) is 5.11 Å². The fourth-order valence-corrected chi connectivity index (χ4v) is 104. The number of aliphatic hydroxyl groups excluding tert-OH is 1. The Hall–Kier alpha value is -1.15. The van der Waals surface area contributed by atoms with E-state index in [0.717, 1.165) is 22.1 Å². The molecule has 0 aliphatic carbocycles. The molecule has 0 bridgehead atoms. The van der Waals surface area contributed by atoms with Gasteiger partial charge in [0.15, 0.2) is 0 Å². The summed E-state index contributed by atoms with van der Waals surface area (Å²) < 4.78 is 0. The molecule has 28 heavy (non-hydrogen) atoms. The molecule has 0 fully saturated rings. The van der Waals surface area contributed by atoms with Crippen molar-refractivity contribution in [1.29, 1.82) is 0 Å². The zero-order chi connectivity index (χ0) is 21.4. The van der Waals surface area contributed by atoms with Gasteiger partial charge in [-0.1, -0.05) is 120 Å². The molecule has 0 saturated heterocycles. The van der Waals surface area contributed by atoms with Gasteiger partial charge in [-0.05, 0) is 11.1 Å². The van der Waals surface area contributed by atoms with Crippen LogP contribution in [-0.4, -0.2) is 34.5 Å². The fourth-order valence-electron chi connectivity index (χ4n) is 6.28. The molecule has 0 aliphatic heterocycles. The lowest BCUT2D eigenvalue weighted by atomic mass is 9.99. The predicted octanol–water partition coefficient (Wildman–Crippen LogP) is 7.24. The van der Waals surface area contributed by atoms with Gasteiger partial charge in [0.05, 0.1) is 5.38 Å². The lowest BCUT2D eigenvalue weighted by Crippen LogP contribution is -2.84. The van der Waals surface area contributed by atoms with Crippen molar-refractivity contribution in [3.63, 3.8) is 0 Å². The van der Waals surface area contributed by atoms with E-state index in [1.54, 1.807) is 0 Å². The minimum absolute atomic E-state index is 0.808. The van der Waals surface area contributed by atoms with Crippen LogP contribution in [0.25, 0.3) is 5.57 Å². The summed E-state index contributed by atoms with van der Waals surface area (Å²) in [5.41, 5.74) is 3.40. The first-order valence-corrected chi connectivity index (χ1v) is 25.8. The van der Waals surface area contributed by atoms with Crippen LogP contribution in [0.3, 0.4) is 0 Å². The highest BCUT2D eigenvalue weighted by molar-refractivity contribution is 7.91. The highest BCUT2D eigenvalue weighted by Gasteiger charge is 2.65. The van der Waals surface area contributed by atoms with Crippen LogP contribution in [-0.2, 0) is 0 Å². The van der Waals surface area contributed by atoms with E-state index in [-0.39, 0.29) is 0 Å². The Labute approximate surface area is 175 Å². The molecule has 0 unspecified atom stereocenters. The van der Waals surface area contributed by atoms with Gasteiger partial charge in [0.2, 0.25) is 0 Å². The van der Waals surface area contributed by atoms with Crippen molar-refractivity contribution >= 4 is 35.0 Å². The van der Waals surface area contributed by atoms with Crippen LogP contribution in [0, 0.1) is 0 Å². The summed E-state index contributed by atoms with van der Waals surface area (Å²) in [5, 5.41) is 13.2. The fraction of sp³-hybridized carbons (Fsp3) is 0.391. The van der Waals surface area contributed by atoms with Crippen LogP contribution in [0.4, 0.5) is 0 Å². The van der Waals surface area contributed by atoms with Crippen LogP contribution in [0.5, 0.6) is 0 Å². The lowest BCUT2D eigenvalue weighted by Gasteiger charge is -2.56. The average molecular weight is 443 g/mol. The molecular formula is C23H38OSi4. The van der Waals surface area contributed by atoms with Crippen molar-refractivity contribution in [3.8, 4) is 0 Å². The molecule has 0 radical (unpaired) electrons.